The number of amides is 1. The van der Waals surface area contributed by atoms with Crippen LogP contribution in [-0.2, 0) is 9.53 Å². The first kappa shape index (κ1) is 17.6. The van der Waals surface area contributed by atoms with Gasteiger partial charge in [-0.1, -0.05) is 6.07 Å². The van der Waals surface area contributed by atoms with Crippen LogP contribution in [0.1, 0.15) is 29.3 Å². The summed E-state index contributed by atoms with van der Waals surface area (Å²) in [6, 6.07) is 4.16. The Morgan fingerprint density at radius 3 is 2.59 bits per heavy atom. The Balaban J connectivity index is 3.08. The fourth-order valence-electron chi connectivity index (χ4n) is 2.19. The monoisotopic (exact) mass is 310 g/mol. The second-order valence-electron chi connectivity index (χ2n) is 5.23. The van der Waals surface area contributed by atoms with Crippen LogP contribution < -0.4 is 5.32 Å². The third-order valence-electron chi connectivity index (χ3n) is 3.17. The summed E-state index contributed by atoms with van der Waals surface area (Å²) in [6.45, 7) is 3.01. The number of carboxylic acids is 1. The molecule has 1 aromatic rings. The van der Waals surface area contributed by atoms with Gasteiger partial charge in [-0.2, -0.15) is 0 Å². The first-order chi connectivity index (χ1) is 10.2. The molecule has 22 heavy (non-hydrogen) atoms. The van der Waals surface area contributed by atoms with Crippen LogP contribution in [0.2, 0.25) is 0 Å². The van der Waals surface area contributed by atoms with Gasteiger partial charge in [-0.25, -0.2) is 0 Å². The van der Waals surface area contributed by atoms with Gasteiger partial charge < -0.3 is 15.2 Å². The Morgan fingerprint density at radius 2 is 2.09 bits per heavy atom. The zero-order valence-electron chi connectivity index (χ0n) is 12.6. The third-order valence-corrected chi connectivity index (χ3v) is 3.17. The molecule has 0 bridgehead atoms. The molecular weight excluding hydrogens is 292 g/mol. The maximum Gasteiger partial charge on any atom is 0.305 e. The molecule has 0 saturated heterocycles. The van der Waals surface area contributed by atoms with Crippen LogP contribution in [0, 0.1) is 17.0 Å². The van der Waals surface area contributed by atoms with E-state index in [1.165, 1.54) is 39.2 Å². The lowest BCUT2D eigenvalue weighted by Crippen LogP contribution is -2.50. The average Bonchev–Trinajstić information content (AvgIpc) is 2.37. The second kappa shape index (κ2) is 6.99. The van der Waals surface area contributed by atoms with E-state index in [9.17, 15) is 19.7 Å². The minimum absolute atomic E-state index is 0.000978. The number of hydrogen-bond donors (Lipinski definition) is 2. The Labute approximate surface area is 127 Å². The van der Waals surface area contributed by atoms with E-state index >= 15 is 0 Å². The summed E-state index contributed by atoms with van der Waals surface area (Å²) < 4.78 is 4.95. The van der Waals surface area contributed by atoms with Crippen molar-refractivity contribution in [3.63, 3.8) is 0 Å². The Hall–Kier alpha value is -2.48. The van der Waals surface area contributed by atoms with Crippen LogP contribution in [0.25, 0.3) is 0 Å². The van der Waals surface area contributed by atoms with Gasteiger partial charge in [-0.3, -0.25) is 19.7 Å². The van der Waals surface area contributed by atoms with Crippen molar-refractivity contribution in [2.24, 2.45) is 0 Å². The molecule has 2 N–H and O–H groups in total. The van der Waals surface area contributed by atoms with Crippen molar-refractivity contribution in [3.8, 4) is 0 Å². The molecular formula is C14H18N2O6. The molecule has 8 heteroatoms. The maximum atomic E-state index is 12.3. The van der Waals surface area contributed by atoms with Gasteiger partial charge in [0.15, 0.2) is 0 Å². The molecule has 1 aromatic carbocycles. The highest BCUT2D eigenvalue weighted by atomic mass is 16.6. The van der Waals surface area contributed by atoms with Crippen LogP contribution in [0.4, 0.5) is 5.69 Å². The molecule has 0 aliphatic carbocycles. The van der Waals surface area contributed by atoms with Crippen molar-refractivity contribution in [1.29, 1.82) is 0 Å². The SMILES string of the molecule is COCC(C)(CC(=O)O)NC(=O)c1cccc([N+](=O)[O-])c1C. The molecule has 0 saturated carbocycles. The summed E-state index contributed by atoms with van der Waals surface area (Å²) in [6.07, 6.45) is -0.333. The topological polar surface area (TPSA) is 119 Å². The largest absolute Gasteiger partial charge is 0.481 e. The molecule has 1 amide bonds. The van der Waals surface area contributed by atoms with Crippen molar-refractivity contribution in [2.45, 2.75) is 25.8 Å². The average molecular weight is 310 g/mol. The maximum absolute atomic E-state index is 12.3. The van der Waals surface area contributed by atoms with E-state index in [0.717, 1.165) is 0 Å². The number of ether oxygens (including phenoxy) is 1. The fourth-order valence-corrected chi connectivity index (χ4v) is 2.19. The summed E-state index contributed by atoms with van der Waals surface area (Å²) in [5, 5.41) is 22.4. The number of rotatable bonds is 7. The first-order valence-electron chi connectivity index (χ1n) is 6.47. The van der Waals surface area contributed by atoms with E-state index in [1.807, 2.05) is 0 Å². The van der Waals surface area contributed by atoms with E-state index in [0.29, 0.717) is 0 Å². The summed E-state index contributed by atoms with van der Waals surface area (Å²) in [7, 11) is 1.39. The number of carboxylic acid groups (broad SMARTS) is 1. The Kier molecular flexibility index (Phi) is 5.58. The number of nitrogens with zero attached hydrogens (tertiary/aromatic N) is 1. The van der Waals surface area contributed by atoms with Crippen molar-refractivity contribution in [3.05, 3.63) is 39.4 Å². The lowest BCUT2D eigenvalue weighted by atomic mass is 9.97. The van der Waals surface area contributed by atoms with Gasteiger partial charge in [0.25, 0.3) is 11.6 Å². The van der Waals surface area contributed by atoms with Crippen molar-refractivity contribution < 1.29 is 24.4 Å². The number of nitro groups is 1. The molecule has 1 atom stereocenters. The molecule has 0 aliphatic rings. The van der Waals surface area contributed by atoms with Crippen molar-refractivity contribution >= 4 is 17.6 Å². The molecule has 0 aliphatic heterocycles. The van der Waals surface area contributed by atoms with Crippen molar-refractivity contribution in [2.75, 3.05) is 13.7 Å². The van der Waals surface area contributed by atoms with E-state index in [-0.39, 0.29) is 29.8 Å². The Morgan fingerprint density at radius 1 is 1.45 bits per heavy atom. The zero-order valence-corrected chi connectivity index (χ0v) is 12.6. The summed E-state index contributed by atoms with van der Waals surface area (Å²) in [5.41, 5.74) is -0.935. The zero-order chi connectivity index (χ0) is 16.9. The summed E-state index contributed by atoms with van der Waals surface area (Å²) in [4.78, 5) is 33.6. The van der Waals surface area contributed by atoms with Crippen molar-refractivity contribution in [1.82, 2.24) is 5.32 Å². The minimum atomic E-state index is -1.12. The lowest BCUT2D eigenvalue weighted by molar-refractivity contribution is -0.385. The molecule has 0 radical (unpaired) electrons. The summed E-state index contributed by atoms with van der Waals surface area (Å²) in [5.74, 6) is -1.67. The van der Waals surface area contributed by atoms with Crippen LogP contribution in [0.5, 0.6) is 0 Å². The highest BCUT2D eigenvalue weighted by Crippen LogP contribution is 2.22. The number of carbonyl (C=O) groups excluding carboxylic acids is 1. The van der Waals surface area contributed by atoms with Gasteiger partial charge >= 0.3 is 5.97 Å². The predicted octanol–water partition coefficient (Wildman–Crippen LogP) is 1.51. The smallest absolute Gasteiger partial charge is 0.305 e. The number of hydrogen-bond acceptors (Lipinski definition) is 5. The van der Waals surface area contributed by atoms with Gasteiger partial charge in [-0.05, 0) is 19.9 Å². The highest BCUT2D eigenvalue weighted by molar-refractivity contribution is 5.97. The van der Waals surface area contributed by atoms with Crippen LogP contribution in [0.3, 0.4) is 0 Å². The molecule has 0 aromatic heterocycles. The van der Waals surface area contributed by atoms with E-state index in [2.05, 4.69) is 5.32 Å². The lowest BCUT2D eigenvalue weighted by Gasteiger charge is -2.28. The molecule has 8 nitrogen and oxygen atoms in total. The number of nitro benzene ring substituents is 1. The van der Waals surface area contributed by atoms with Crippen LogP contribution in [0.15, 0.2) is 18.2 Å². The van der Waals surface area contributed by atoms with Gasteiger partial charge in [0.2, 0.25) is 0 Å². The fraction of sp³-hybridized carbons (Fsp3) is 0.429. The van der Waals surface area contributed by atoms with E-state index < -0.39 is 22.3 Å². The first-order valence-corrected chi connectivity index (χ1v) is 6.47. The van der Waals surface area contributed by atoms with Gasteiger partial charge in [-0.15, -0.1) is 0 Å². The molecule has 0 heterocycles. The van der Waals surface area contributed by atoms with E-state index in [4.69, 9.17) is 9.84 Å². The summed E-state index contributed by atoms with van der Waals surface area (Å²) >= 11 is 0. The van der Waals surface area contributed by atoms with Gasteiger partial charge in [0, 0.05) is 24.3 Å². The van der Waals surface area contributed by atoms with Gasteiger partial charge in [0.1, 0.15) is 0 Å². The standard InChI is InChI=1S/C14H18N2O6/c1-9-10(5-4-6-11(9)16(20)21)13(19)15-14(2,8-22-3)7-12(17)18/h4-6H,7-8H2,1-3H3,(H,15,19)(H,17,18). The van der Waals surface area contributed by atoms with Crippen LogP contribution >= 0.6 is 0 Å². The normalized spacial score (nSPS) is 13.2. The number of methoxy groups -OCH3 is 1. The quantitative estimate of drug-likeness (QED) is 0.582. The molecule has 1 rings (SSSR count). The van der Waals surface area contributed by atoms with Gasteiger partial charge in [0.05, 0.1) is 23.5 Å². The second-order valence-corrected chi connectivity index (χ2v) is 5.23. The number of benzene rings is 1. The number of aliphatic carboxylic acids is 1. The molecule has 0 spiro atoms. The van der Waals surface area contributed by atoms with Crippen LogP contribution in [-0.4, -0.2) is 41.2 Å². The predicted molar refractivity (Wildman–Crippen MR) is 77.8 cm³/mol. The Bertz CT molecular complexity index is 601. The number of nitrogens with one attached hydrogen (secondary N) is 1. The van der Waals surface area contributed by atoms with E-state index in [1.54, 1.807) is 0 Å². The number of carbonyl (C=O) groups is 2. The molecule has 120 valence electrons. The minimum Gasteiger partial charge on any atom is -0.481 e. The molecule has 0 fully saturated rings. The molecule has 1 unspecified atom stereocenters. The third kappa shape index (κ3) is 4.26. The highest BCUT2D eigenvalue weighted by Gasteiger charge is 2.31.